The molecule has 0 radical (unpaired) electrons. The van der Waals surface area contributed by atoms with Gasteiger partial charge < -0.3 is 9.73 Å². The van der Waals surface area contributed by atoms with Gasteiger partial charge in [0.2, 0.25) is 5.91 Å². The molecular weight excluding hydrogens is 271 g/mol. The van der Waals surface area contributed by atoms with Gasteiger partial charge in [-0.3, -0.25) is 9.69 Å². The first-order chi connectivity index (χ1) is 10.1. The first-order valence-electron chi connectivity index (χ1n) is 6.77. The second-order valence-corrected chi connectivity index (χ2v) is 5.10. The Kier molecular flexibility index (Phi) is 5.11. The van der Waals surface area contributed by atoms with E-state index in [2.05, 4.69) is 5.32 Å². The minimum atomic E-state index is -0.301. The minimum Gasteiger partial charge on any atom is -0.468 e. The maximum atomic E-state index is 12.8. The summed E-state index contributed by atoms with van der Waals surface area (Å²) in [5.74, 6) is 0.409. The van der Waals surface area contributed by atoms with E-state index in [1.807, 2.05) is 31.1 Å². The van der Waals surface area contributed by atoms with Crippen LogP contribution in [-0.2, 0) is 11.2 Å². The van der Waals surface area contributed by atoms with Gasteiger partial charge in [0.15, 0.2) is 0 Å². The summed E-state index contributed by atoms with van der Waals surface area (Å²) in [6.45, 7) is 0.459. The van der Waals surface area contributed by atoms with Crippen LogP contribution in [0.2, 0.25) is 0 Å². The molecule has 5 heteroatoms. The molecule has 1 aromatic heterocycles. The molecule has 1 atom stereocenters. The number of carbonyl (C=O) groups excluding carboxylic acids is 1. The zero-order valence-electron chi connectivity index (χ0n) is 12.2. The Labute approximate surface area is 123 Å². The summed E-state index contributed by atoms with van der Waals surface area (Å²) in [6.07, 6.45) is 1.85. The number of nitrogens with zero attached hydrogens (tertiary/aromatic N) is 1. The van der Waals surface area contributed by atoms with Crippen LogP contribution in [0.15, 0.2) is 47.1 Å². The topological polar surface area (TPSA) is 45.5 Å². The molecular formula is C16H19FN2O2. The second kappa shape index (κ2) is 7.04. The molecule has 0 aliphatic carbocycles. The summed E-state index contributed by atoms with van der Waals surface area (Å²) in [5, 5.41) is 2.88. The van der Waals surface area contributed by atoms with Crippen LogP contribution in [0.4, 0.5) is 4.39 Å². The van der Waals surface area contributed by atoms with Crippen molar-refractivity contribution >= 4 is 5.91 Å². The number of hydrogen-bond acceptors (Lipinski definition) is 3. The zero-order chi connectivity index (χ0) is 15.2. The predicted octanol–water partition coefficient (Wildman–Crippen LogP) is 2.38. The Morgan fingerprint density at radius 3 is 2.57 bits per heavy atom. The van der Waals surface area contributed by atoms with Crippen LogP contribution in [0, 0.1) is 5.82 Å². The lowest BCUT2D eigenvalue weighted by Crippen LogP contribution is -2.35. The van der Waals surface area contributed by atoms with E-state index in [0.717, 1.165) is 11.3 Å². The molecule has 1 N–H and O–H groups in total. The van der Waals surface area contributed by atoms with Crippen LogP contribution in [0.5, 0.6) is 0 Å². The highest BCUT2D eigenvalue weighted by molar-refractivity contribution is 5.78. The SMILES string of the molecule is CN(C)C(CNC(=O)Cc1ccc(F)cc1)c1ccco1. The standard InChI is InChI=1S/C16H19FN2O2/c1-19(2)14(15-4-3-9-21-15)11-18-16(20)10-12-5-7-13(17)8-6-12/h3-9,14H,10-11H2,1-2H3,(H,18,20). The van der Waals surface area contributed by atoms with E-state index in [1.165, 1.54) is 12.1 Å². The molecule has 1 heterocycles. The van der Waals surface area contributed by atoms with Gasteiger partial charge in [-0.05, 0) is 43.9 Å². The first kappa shape index (κ1) is 15.3. The van der Waals surface area contributed by atoms with Crippen molar-refractivity contribution in [2.24, 2.45) is 0 Å². The average Bonchev–Trinajstić information content (AvgIpc) is 2.95. The normalized spacial score (nSPS) is 12.4. The smallest absolute Gasteiger partial charge is 0.224 e. The maximum Gasteiger partial charge on any atom is 0.224 e. The molecule has 1 aromatic carbocycles. The van der Waals surface area contributed by atoms with Crippen molar-refractivity contribution in [3.05, 3.63) is 59.8 Å². The van der Waals surface area contributed by atoms with E-state index in [1.54, 1.807) is 18.4 Å². The van der Waals surface area contributed by atoms with Gasteiger partial charge in [0.1, 0.15) is 11.6 Å². The van der Waals surface area contributed by atoms with Crippen molar-refractivity contribution in [3.63, 3.8) is 0 Å². The third-order valence-electron chi connectivity index (χ3n) is 3.27. The molecule has 1 amide bonds. The molecule has 0 fully saturated rings. The van der Waals surface area contributed by atoms with Crippen molar-refractivity contribution in [2.45, 2.75) is 12.5 Å². The van der Waals surface area contributed by atoms with Crippen LogP contribution in [0.25, 0.3) is 0 Å². The molecule has 0 bridgehead atoms. The maximum absolute atomic E-state index is 12.8. The molecule has 2 rings (SSSR count). The zero-order valence-corrected chi connectivity index (χ0v) is 12.2. The molecule has 1 unspecified atom stereocenters. The van der Waals surface area contributed by atoms with E-state index in [-0.39, 0.29) is 24.2 Å². The van der Waals surface area contributed by atoms with Crippen molar-refractivity contribution in [1.29, 1.82) is 0 Å². The molecule has 0 spiro atoms. The number of likely N-dealkylation sites (N-methyl/N-ethyl adjacent to an activating group) is 1. The number of benzene rings is 1. The number of furan rings is 1. The van der Waals surface area contributed by atoms with Crippen LogP contribution in [-0.4, -0.2) is 31.4 Å². The monoisotopic (exact) mass is 290 g/mol. The Morgan fingerprint density at radius 2 is 2.00 bits per heavy atom. The van der Waals surface area contributed by atoms with E-state index >= 15 is 0 Å². The average molecular weight is 290 g/mol. The van der Waals surface area contributed by atoms with E-state index < -0.39 is 0 Å². The lowest BCUT2D eigenvalue weighted by molar-refractivity contribution is -0.120. The van der Waals surface area contributed by atoms with E-state index in [4.69, 9.17) is 4.42 Å². The van der Waals surface area contributed by atoms with E-state index in [0.29, 0.717) is 6.54 Å². The van der Waals surface area contributed by atoms with Gasteiger partial charge in [0.25, 0.3) is 0 Å². The fourth-order valence-electron chi connectivity index (χ4n) is 2.08. The molecule has 4 nitrogen and oxygen atoms in total. The van der Waals surface area contributed by atoms with Gasteiger partial charge in [-0.1, -0.05) is 12.1 Å². The quantitative estimate of drug-likeness (QED) is 0.888. The molecule has 0 saturated carbocycles. The number of amides is 1. The summed E-state index contributed by atoms with van der Waals surface area (Å²) in [6, 6.07) is 9.64. The molecule has 21 heavy (non-hydrogen) atoms. The number of carbonyl (C=O) groups is 1. The summed E-state index contributed by atoms with van der Waals surface area (Å²) in [7, 11) is 3.86. The van der Waals surface area contributed by atoms with Crippen molar-refractivity contribution in [3.8, 4) is 0 Å². The summed E-state index contributed by atoms with van der Waals surface area (Å²) >= 11 is 0. The van der Waals surface area contributed by atoms with Gasteiger partial charge in [0.05, 0.1) is 18.7 Å². The predicted molar refractivity (Wildman–Crippen MR) is 78.2 cm³/mol. The minimum absolute atomic E-state index is 0.0165. The molecule has 2 aromatic rings. The summed E-state index contributed by atoms with van der Waals surface area (Å²) < 4.78 is 18.2. The van der Waals surface area contributed by atoms with Crippen LogP contribution >= 0.6 is 0 Å². The van der Waals surface area contributed by atoms with Crippen LogP contribution in [0.1, 0.15) is 17.4 Å². The highest BCUT2D eigenvalue weighted by atomic mass is 19.1. The highest BCUT2D eigenvalue weighted by Gasteiger charge is 2.17. The Balaban J connectivity index is 1.89. The van der Waals surface area contributed by atoms with Crippen molar-refractivity contribution in [2.75, 3.05) is 20.6 Å². The summed E-state index contributed by atoms with van der Waals surface area (Å²) in [5.41, 5.74) is 0.785. The number of nitrogens with one attached hydrogen (secondary N) is 1. The number of hydrogen-bond donors (Lipinski definition) is 1. The van der Waals surface area contributed by atoms with Gasteiger partial charge >= 0.3 is 0 Å². The van der Waals surface area contributed by atoms with Gasteiger partial charge in [0, 0.05) is 6.54 Å². The fourth-order valence-corrected chi connectivity index (χ4v) is 2.08. The third-order valence-corrected chi connectivity index (χ3v) is 3.27. The lowest BCUT2D eigenvalue weighted by Gasteiger charge is -2.22. The van der Waals surface area contributed by atoms with Crippen LogP contribution in [0.3, 0.4) is 0 Å². The Morgan fingerprint density at radius 1 is 1.29 bits per heavy atom. The second-order valence-electron chi connectivity index (χ2n) is 5.10. The third kappa shape index (κ3) is 4.43. The Bertz CT molecular complexity index is 564. The first-order valence-corrected chi connectivity index (χ1v) is 6.77. The molecule has 0 aliphatic rings. The highest BCUT2D eigenvalue weighted by Crippen LogP contribution is 2.17. The number of rotatable bonds is 6. The van der Waals surface area contributed by atoms with Crippen molar-refractivity contribution < 1.29 is 13.6 Å². The summed E-state index contributed by atoms with van der Waals surface area (Å²) in [4.78, 5) is 13.9. The number of halogens is 1. The molecule has 0 aliphatic heterocycles. The van der Waals surface area contributed by atoms with Crippen LogP contribution < -0.4 is 5.32 Å². The molecule has 112 valence electrons. The van der Waals surface area contributed by atoms with Gasteiger partial charge in [-0.15, -0.1) is 0 Å². The molecule has 0 saturated heterocycles. The van der Waals surface area contributed by atoms with E-state index in [9.17, 15) is 9.18 Å². The van der Waals surface area contributed by atoms with Gasteiger partial charge in [-0.25, -0.2) is 4.39 Å². The van der Waals surface area contributed by atoms with Crippen molar-refractivity contribution in [1.82, 2.24) is 10.2 Å². The fraction of sp³-hybridized carbons (Fsp3) is 0.312. The largest absolute Gasteiger partial charge is 0.468 e. The Hall–Kier alpha value is -2.14. The lowest BCUT2D eigenvalue weighted by atomic mass is 10.1. The van der Waals surface area contributed by atoms with Gasteiger partial charge in [-0.2, -0.15) is 0 Å².